The zero-order chi connectivity index (χ0) is 30.5. The number of anilines is 2. The van der Waals surface area contributed by atoms with Gasteiger partial charge in [0.25, 0.3) is 11.8 Å². The van der Waals surface area contributed by atoms with Gasteiger partial charge in [-0.1, -0.05) is 53.3 Å². The number of thiazole rings is 1. The maximum atomic E-state index is 15.1. The van der Waals surface area contributed by atoms with Gasteiger partial charge in [0.05, 0.1) is 33.4 Å². The van der Waals surface area contributed by atoms with Crippen molar-refractivity contribution in [1.29, 1.82) is 0 Å². The van der Waals surface area contributed by atoms with E-state index >= 15 is 4.79 Å². The van der Waals surface area contributed by atoms with Crippen LogP contribution in [0.4, 0.5) is 15.2 Å². The fourth-order valence-corrected chi connectivity index (χ4v) is 7.62. The van der Waals surface area contributed by atoms with E-state index in [1.54, 1.807) is 66.7 Å². The molecule has 216 valence electrons. The van der Waals surface area contributed by atoms with Crippen LogP contribution in [-0.4, -0.2) is 16.8 Å². The second-order valence-corrected chi connectivity index (χ2v) is 12.5. The summed E-state index contributed by atoms with van der Waals surface area (Å²) in [6.45, 7) is 3.87. The highest BCUT2D eigenvalue weighted by Crippen LogP contribution is 2.55. The molecule has 2 aromatic heterocycles. The Hall–Kier alpha value is -4.86. The summed E-state index contributed by atoms with van der Waals surface area (Å²) in [5.41, 5.74) is 1.87. The molecule has 0 aliphatic carbocycles. The smallest absolute Gasteiger partial charge is 0.297 e. The van der Waals surface area contributed by atoms with Crippen LogP contribution in [0.2, 0.25) is 5.02 Å². The number of aromatic nitrogens is 1. The van der Waals surface area contributed by atoms with Crippen molar-refractivity contribution >= 4 is 66.8 Å². The van der Waals surface area contributed by atoms with Crippen molar-refractivity contribution in [3.63, 3.8) is 0 Å². The summed E-state index contributed by atoms with van der Waals surface area (Å²) in [5.74, 6) is -1.75. The highest BCUT2D eigenvalue weighted by molar-refractivity contribution is 7.22. The summed E-state index contributed by atoms with van der Waals surface area (Å²) in [5, 5.41) is 1.00. The number of halogens is 2. The number of hydrogen-bond acceptors (Lipinski definition) is 6. The van der Waals surface area contributed by atoms with E-state index in [2.05, 4.69) is 0 Å². The first kappa shape index (κ1) is 26.7. The Balaban J connectivity index is 1.45. The minimum atomic E-state index is -1.89. The van der Waals surface area contributed by atoms with Gasteiger partial charge in [0.1, 0.15) is 11.4 Å². The molecule has 1 unspecified atom stereocenters. The maximum absolute atomic E-state index is 15.1. The number of amides is 2. The topological polar surface area (TPSA) is 83.7 Å². The van der Waals surface area contributed by atoms with Crippen molar-refractivity contribution in [2.45, 2.75) is 25.9 Å². The molecule has 2 amide bonds. The highest BCUT2D eigenvalue weighted by Gasteiger charge is 2.66. The van der Waals surface area contributed by atoms with E-state index in [1.807, 2.05) is 13.8 Å². The van der Waals surface area contributed by atoms with Gasteiger partial charge in [0, 0.05) is 10.6 Å². The second kappa shape index (κ2) is 9.32. The van der Waals surface area contributed by atoms with Crippen LogP contribution in [-0.2, 0) is 16.9 Å². The van der Waals surface area contributed by atoms with Crippen molar-refractivity contribution in [3.05, 3.63) is 134 Å². The summed E-state index contributed by atoms with van der Waals surface area (Å²) >= 11 is 7.47. The number of aryl methyl sites for hydroxylation is 2. The monoisotopic (exact) mass is 621 g/mol. The van der Waals surface area contributed by atoms with Crippen molar-refractivity contribution in [2.75, 3.05) is 9.80 Å². The molecule has 0 saturated heterocycles. The van der Waals surface area contributed by atoms with Crippen molar-refractivity contribution in [1.82, 2.24) is 4.98 Å². The average molecular weight is 622 g/mol. The lowest BCUT2D eigenvalue weighted by Gasteiger charge is -2.32. The zero-order valence-corrected chi connectivity index (χ0v) is 24.9. The first-order valence-electron chi connectivity index (χ1n) is 13.8. The molecule has 2 aliphatic heterocycles. The van der Waals surface area contributed by atoms with Gasteiger partial charge >= 0.3 is 0 Å². The van der Waals surface area contributed by atoms with Crippen LogP contribution in [0, 0.1) is 19.7 Å². The van der Waals surface area contributed by atoms with Crippen LogP contribution in [0.5, 0.6) is 0 Å². The number of nitrogens with zero attached hydrogens (tertiary/aromatic N) is 3. The molecule has 44 heavy (non-hydrogen) atoms. The van der Waals surface area contributed by atoms with Gasteiger partial charge in [0.15, 0.2) is 16.1 Å². The third-order valence-electron chi connectivity index (χ3n) is 8.52. The quantitative estimate of drug-likeness (QED) is 0.208. The van der Waals surface area contributed by atoms with Gasteiger partial charge < -0.3 is 9.32 Å². The first-order valence-corrected chi connectivity index (χ1v) is 15.0. The van der Waals surface area contributed by atoms with Crippen LogP contribution in [0.1, 0.15) is 38.4 Å². The van der Waals surface area contributed by atoms with E-state index in [4.69, 9.17) is 21.0 Å². The van der Waals surface area contributed by atoms with Gasteiger partial charge in [-0.25, -0.2) is 9.37 Å². The van der Waals surface area contributed by atoms with Gasteiger partial charge in [0.2, 0.25) is 5.76 Å². The Morgan fingerprint density at radius 1 is 0.955 bits per heavy atom. The summed E-state index contributed by atoms with van der Waals surface area (Å²) in [4.78, 5) is 51.7. The van der Waals surface area contributed by atoms with Crippen LogP contribution < -0.4 is 15.2 Å². The fraction of sp³-hybridized carbons (Fsp3) is 0.118. The number of fused-ring (bicyclic) bond motifs is 6. The molecule has 0 fully saturated rings. The molecule has 0 bridgehead atoms. The Morgan fingerprint density at radius 3 is 2.50 bits per heavy atom. The summed E-state index contributed by atoms with van der Waals surface area (Å²) in [6, 6.07) is 21.6. The Labute approximate surface area is 258 Å². The first-order chi connectivity index (χ1) is 21.2. The van der Waals surface area contributed by atoms with Crippen LogP contribution in [0.15, 0.2) is 88.1 Å². The van der Waals surface area contributed by atoms with Gasteiger partial charge in [-0.3, -0.25) is 19.3 Å². The number of benzene rings is 4. The Morgan fingerprint density at radius 2 is 1.70 bits per heavy atom. The minimum Gasteiger partial charge on any atom is -0.450 e. The lowest BCUT2D eigenvalue weighted by atomic mass is 9.84. The normalized spacial score (nSPS) is 17.4. The molecule has 1 atom stereocenters. The summed E-state index contributed by atoms with van der Waals surface area (Å²) in [7, 11) is 0. The molecule has 1 spiro atoms. The number of hydrogen-bond donors (Lipinski definition) is 0. The molecular formula is C34H21ClFN3O4S. The number of rotatable bonds is 3. The number of para-hydroxylation sites is 1. The molecule has 8 rings (SSSR count). The molecule has 4 heterocycles. The maximum Gasteiger partial charge on any atom is 0.297 e. The average Bonchev–Trinajstić information content (AvgIpc) is 3.61. The molecule has 0 N–H and O–H groups in total. The molecule has 6 aromatic rings. The van der Waals surface area contributed by atoms with Gasteiger partial charge in [-0.15, -0.1) is 0 Å². The molecule has 4 aromatic carbocycles. The fourth-order valence-electron chi connectivity index (χ4n) is 6.33. The molecule has 10 heteroatoms. The van der Waals surface area contributed by atoms with Crippen LogP contribution >= 0.6 is 22.9 Å². The molecule has 0 radical (unpaired) electrons. The predicted octanol–water partition coefficient (Wildman–Crippen LogP) is 7.26. The van der Waals surface area contributed by atoms with Crippen molar-refractivity contribution in [3.8, 4) is 0 Å². The minimum absolute atomic E-state index is 0.0467. The van der Waals surface area contributed by atoms with E-state index < -0.39 is 28.6 Å². The van der Waals surface area contributed by atoms with E-state index in [1.165, 1.54) is 33.3 Å². The lowest BCUT2D eigenvalue weighted by Crippen LogP contribution is -2.53. The molecular weight excluding hydrogens is 601 g/mol. The third kappa shape index (κ3) is 3.54. The summed E-state index contributed by atoms with van der Waals surface area (Å²) < 4.78 is 20.7. The Kier molecular flexibility index (Phi) is 5.66. The van der Waals surface area contributed by atoms with E-state index in [0.717, 1.165) is 11.1 Å². The van der Waals surface area contributed by atoms with E-state index in [9.17, 15) is 14.0 Å². The standard InChI is InChI=1S/C34H21ClFN3O4S/c1-17-13-22-26(14-18(17)2)43-30-28(29(22)40)34(39(31(30)41)33-37-24-12-9-20(35)15-27(24)44-33)23-5-3-4-6-25(23)38(32(34)42)16-19-7-10-21(36)11-8-19/h3-15H,16H2,1-2H3. The zero-order valence-electron chi connectivity index (χ0n) is 23.4. The predicted molar refractivity (Wildman–Crippen MR) is 168 cm³/mol. The second-order valence-electron chi connectivity index (χ2n) is 11.1. The molecule has 7 nitrogen and oxygen atoms in total. The van der Waals surface area contributed by atoms with Gasteiger partial charge in [-0.2, -0.15) is 0 Å². The van der Waals surface area contributed by atoms with Crippen LogP contribution in [0.25, 0.3) is 21.2 Å². The van der Waals surface area contributed by atoms with Crippen molar-refractivity contribution < 1.29 is 18.4 Å². The molecule has 0 saturated carbocycles. The highest BCUT2D eigenvalue weighted by atomic mass is 35.5. The SMILES string of the molecule is Cc1cc2oc3c(c(=O)c2cc1C)C1(C(=O)N(Cc2ccc(F)cc2)c2ccccc21)N(c1nc2ccc(Cl)cc2s1)C3=O. The van der Waals surface area contributed by atoms with E-state index in [-0.39, 0.29) is 34.0 Å². The van der Waals surface area contributed by atoms with E-state index in [0.29, 0.717) is 32.1 Å². The Bertz CT molecular complexity index is 2300. The largest absolute Gasteiger partial charge is 0.450 e. The van der Waals surface area contributed by atoms with Crippen LogP contribution in [0.3, 0.4) is 0 Å². The van der Waals surface area contributed by atoms with Gasteiger partial charge in [-0.05, 0) is 79.1 Å². The number of carbonyl (C=O) groups excluding carboxylic acids is 2. The number of carbonyl (C=O) groups is 2. The third-order valence-corrected chi connectivity index (χ3v) is 9.76. The summed E-state index contributed by atoms with van der Waals surface area (Å²) in [6.07, 6.45) is 0. The van der Waals surface area contributed by atoms with Crippen molar-refractivity contribution in [2.24, 2.45) is 0 Å². The molecule has 2 aliphatic rings. The lowest BCUT2D eigenvalue weighted by molar-refractivity contribution is -0.121.